The van der Waals surface area contributed by atoms with Crippen LogP contribution in [-0.4, -0.2) is 73.3 Å². The standard InChI is InChI=1S/C22H41N7O6/c1-8-9-12-34-18(31)14-29(7)27-17(30)13-16(10-11-24-28-23)25-20(32)19(15(2)3)26-21(33)35-22(4,5)6/h15-16,19H,8-14H2,1-7H3,(H,25,32)(H,26,33)(H,27,30)/t16-,19-/m0/s1. The molecule has 0 aliphatic rings. The number of hydrogen-bond acceptors (Lipinski definition) is 8. The number of rotatable bonds is 15. The Morgan fingerprint density at radius 1 is 1.14 bits per heavy atom. The van der Waals surface area contributed by atoms with Crippen molar-refractivity contribution in [3.8, 4) is 0 Å². The van der Waals surface area contributed by atoms with Crippen molar-refractivity contribution >= 4 is 23.9 Å². The highest BCUT2D eigenvalue weighted by Gasteiger charge is 2.29. The van der Waals surface area contributed by atoms with E-state index in [9.17, 15) is 19.2 Å². The van der Waals surface area contributed by atoms with Crippen molar-refractivity contribution in [3.05, 3.63) is 10.4 Å². The number of amides is 3. The molecule has 3 amide bonds. The van der Waals surface area contributed by atoms with Crippen molar-refractivity contribution in [1.82, 2.24) is 21.1 Å². The molecule has 200 valence electrons. The predicted molar refractivity (Wildman–Crippen MR) is 130 cm³/mol. The number of carbonyl (C=O) groups excluding carboxylic acids is 4. The first-order valence-electron chi connectivity index (χ1n) is 11.8. The molecular weight excluding hydrogens is 458 g/mol. The van der Waals surface area contributed by atoms with Crippen LogP contribution in [-0.2, 0) is 23.9 Å². The lowest BCUT2D eigenvalue weighted by Gasteiger charge is -2.27. The molecule has 0 aromatic rings. The minimum Gasteiger partial charge on any atom is -0.465 e. The Balaban J connectivity index is 5.08. The highest BCUT2D eigenvalue weighted by Crippen LogP contribution is 2.10. The summed E-state index contributed by atoms with van der Waals surface area (Å²) in [6.45, 7) is 10.9. The monoisotopic (exact) mass is 499 g/mol. The summed E-state index contributed by atoms with van der Waals surface area (Å²) in [5.41, 5.74) is 10.4. The summed E-state index contributed by atoms with van der Waals surface area (Å²) >= 11 is 0. The lowest BCUT2D eigenvalue weighted by Crippen LogP contribution is -2.54. The quantitative estimate of drug-likeness (QED) is 0.0774. The van der Waals surface area contributed by atoms with Crippen molar-refractivity contribution in [3.63, 3.8) is 0 Å². The number of hydrogen-bond donors (Lipinski definition) is 3. The predicted octanol–water partition coefficient (Wildman–Crippen LogP) is 2.42. The van der Waals surface area contributed by atoms with Crippen molar-refractivity contribution in [2.45, 2.75) is 84.9 Å². The number of carbonyl (C=O) groups is 4. The van der Waals surface area contributed by atoms with Crippen LogP contribution in [0.2, 0.25) is 0 Å². The molecule has 13 nitrogen and oxygen atoms in total. The fraction of sp³-hybridized carbons (Fsp3) is 0.818. The van der Waals surface area contributed by atoms with Gasteiger partial charge in [-0.3, -0.25) is 19.8 Å². The first-order chi connectivity index (χ1) is 16.3. The molecule has 0 saturated carbocycles. The summed E-state index contributed by atoms with van der Waals surface area (Å²) in [5, 5.41) is 10.1. The second kappa shape index (κ2) is 16.6. The molecule has 13 heteroatoms. The van der Waals surface area contributed by atoms with Crippen LogP contribution in [0.5, 0.6) is 0 Å². The molecule has 0 rings (SSSR count). The van der Waals surface area contributed by atoms with Crippen LogP contribution in [0.15, 0.2) is 5.11 Å². The van der Waals surface area contributed by atoms with Gasteiger partial charge in [0, 0.05) is 31.0 Å². The number of esters is 1. The zero-order chi connectivity index (χ0) is 27.0. The maximum Gasteiger partial charge on any atom is 0.408 e. The summed E-state index contributed by atoms with van der Waals surface area (Å²) in [7, 11) is 1.52. The molecule has 0 bridgehead atoms. The Morgan fingerprint density at radius 3 is 2.34 bits per heavy atom. The topological polar surface area (TPSA) is 175 Å². The van der Waals surface area contributed by atoms with Gasteiger partial charge < -0.3 is 20.1 Å². The van der Waals surface area contributed by atoms with Crippen LogP contribution >= 0.6 is 0 Å². The van der Waals surface area contributed by atoms with Crippen LogP contribution in [0.4, 0.5) is 4.79 Å². The maximum atomic E-state index is 12.9. The SMILES string of the molecule is CCCCOC(=O)CN(C)NC(=O)C[C@H](CCN=[N+]=[N-])NC(=O)[C@@H](NC(=O)OC(C)(C)C)C(C)C. The minimum absolute atomic E-state index is 0.0557. The molecule has 0 saturated heterocycles. The molecule has 0 heterocycles. The fourth-order valence-corrected chi connectivity index (χ4v) is 2.84. The zero-order valence-corrected chi connectivity index (χ0v) is 21.9. The van der Waals surface area contributed by atoms with Gasteiger partial charge in [-0.25, -0.2) is 9.80 Å². The third-order valence-electron chi connectivity index (χ3n) is 4.48. The van der Waals surface area contributed by atoms with Gasteiger partial charge in [0.2, 0.25) is 11.8 Å². The van der Waals surface area contributed by atoms with E-state index in [0.29, 0.717) is 6.61 Å². The molecule has 2 atom stereocenters. The van der Waals surface area contributed by atoms with Gasteiger partial charge in [-0.1, -0.05) is 32.3 Å². The van der Waals surface area contributed by atoms with Crippen LogP contribution < -0.4 is 16.1 Å². The number of unbranched alkanes of at least 4 members (excludes halogenated alkanes) is 1. The average Bonchev–Trinajstić information content (AvgIpc) is 2.70. The largest absolute Gasteiger partial charge is 0.465 e. The molecule has 0 aliphatic heterocycles. The van der Waals surface area contributed by atoms with E-state index in [4.69, 9.17) is 15.0 Å². The fourth-order valence-electron chi connectivity index (χ4n) is 2.84. The first kappa shape index (κ1) is 31.9. The van der Waals surface area contributed by atoms with Crippen LogP contribution in [0.3, 0.4) is 0 Å². The molecule has 0 aromatic carbocycles. The number of nitrogens with one attached hydrogen (secondary N) is 3. The van der Waals surface area contributed by atoms with Gasteiger partial charge >= 0.3 is 12.1 Å². The van der Waals surface area contributed by atoms with Crippen LogP contribution in [0.25, 0.3) is 10.4 Å². The lowest BCUT2D eigenvalue weighted by molar-refractivity contribution is -0.146. The average molecular weight is 500 g/mol. The Kier molecular flexibility index (Phi) is 15.1. The molecule has 0 aliphatic carbocycles. The zero-order valence-electron chi connectivity index (χ0n) is 21.9. The Bertz CT molecular complexity index is 747. The normalized spacial score (nSPS) is 12.8. The smallest absolute Gasteiger partial charge is 0.408 e. The molecule has 0 fully saturated rings. The van der Waals surface area contributed by atoms with Crippen molar-refractivity contribution in [1.29, 1.82) is 0 Å². The molecule has 0 spiro atoms. The van der Waals surface area contributed by atoms with Gasteiger partial charge in [0.25, 0.3) is 0 Å². The van der Waals surface area contributed by atoms with Crippen LogP contribution in [0.1, 0.15) is 67.2 Å². The van der Waals surface area contributed by atoms with E-state index in [2.05, 4.69) is 26.1 Å². The Labute approximate surface area is 207 Å². The van der Waals surface area contributed by atoms with Gasteiger partial charge in [-0.15, -0.1) is 0 Å². The second-order valence-corrected chi connectivity index (χ2v) is 9.49. The summed E-state index contributed by atoms with van der Waals surface area (Å²) < 4.78 is 10.3. The molecular formula is C22H41N7O6. The van der Waals surface area contributed by atoms with Gasteiger partial charge in [0.1, 0.15) is 18.2 Å². The summed E-state index contributed by atoms with van der Waals surface area (Å²) in [4.78, 5) is 52.1. The van der Waals surface area contributed by atoms with E-state index in [1.54, 1.807) is 34.6 Å². The minimum atomic E-state index is -0.907. The highest BCUT2D eigenvalue weighted by molar-refractivity contribution is 5.87. The Hall–Kier alpha value is -3.05. The van der Waals surface area contributed by atoms with Crippen molar-refractivity contribution < 1.29 is 28.7 Å². The number of azide groups is 1. The molecule has 0 aromatic heterocycles. The van der Waals surface area contributed by atoms with E-state index in [1.807, 2.05) is 6.92 Å². The van der Waals surface area contributed by atoms with Gasteiger partial charge in [-0.05, 0) is 45.1 Å². The van der Waals surface area contributed by atoms with E-state index < -0.39 is 41.6 Å². The molecule has 35 heavy (non-hydrogen) atoms. The number of nitrogens with zero attached hydrogens (tertiary/aromatic N) is 4. The third kappa shape index (κ3) is 16.3. The highest BCUT2D eigenvalue weighted by atomic mass is 16.6. The maximum absolute atomic E-state index is 12.9. The van der Waals surface area contributed by atoms with Crippen LogP contribution in [0, 0.1) is 5.92 Å². The van der Waals surface area contributed by atoms with E-state index in [1.165, 1.54) is 12.1 Å². The van der Waals surface area contributed by atoms with Crippen molar-refractivity contribution in [2.75, 3.05) is 26.7 Å². The van der Waals surface area contributed by atoms with Gasteiger partial charge in [0.15, 0.2) is 0 Å². The van der Waals surface area contributed by atoms with E-state index in [0.717, 1.165) is 12.8 Å². The number of likely N-dealkylation sites (N-methyl/N-ethyl adjacent to an activating group) is 1. The van der Waals surface area contributed by atoms with Gasteiger partial charge in [0.05, 0.1) is 6.61 Å². The summed E-state index contributed by atoms with van der Waals surface area (Å²) in [5.74, 6) is -1.69. The number of ether oxygens (including phenoxy) is 2. The van der Waals surface area contributed by atoms with Gasteiger partial charge in [-0.2, -0.15) is 0 Å². The summed E-state index contributed by atoms with van der Waals surface area (Å²) in [6.07, 6.45) is 0.979. The number of hydrazine groups is 1. The third-order valence-corrected chi connectivity index (χ3v) is 4.48. The lowest BCUT2D eigenvalue weighted by atomic mass is 10.0. The second-order valence-electron chi connectivity index (χ2n) is 9.49. The molecule has 0 radical (unpaired) electrons. The van der Waals surface area contributed by atoms with E-state index >= 15 is 0 Å². The number of alkyl carbamates (subject to hydrolysis) is 1. The van der Waals surface area contributed by atoms with E-state index in [-0.39, 0.29) is 31.8 Å². The summed E-state index contributed by atoms with van der Waals surface area (Å²) in [6, 6.07) is -1.59. The molecule has 3 N–H and O–H groups in total. The Morgan fingerprint density at radius 2 is 1.80 bits per heavy atom. The molecule has 0 unspecified atom stereocenters. The van der Waals surface area contributed by atoms with Crippen molar-refractivity contribution in [2.24, 2.45) is 11.0 Å². The first-order valence-corrected chi connectivity index (χ1v) is 11.8.